The number of pyridine rings is 1. The molecule has 0 radical (unpaired) electrons. The predicted molar refractivity (Wildman–Crippen MR) is 157 cm³/mol. The number of methoxy groups -OCH3 is 1. The molecule has 15 heteroatoms. The molecule has 1 N–H and O–H groups in total. The second kappa shape index (κ2) is 14.3. The Morgan fingerprint density at radius 3 is 2.34 bits per heavy atom. The summed E-state index contributed by atoms with van der Waals surface area (Å²) < 4.78 is 48.7. The number of nitrogens with zero attached hydrogens (tertiary/aromatic N) is 6. The summed E-state index contributed by atoms with van der Waals surface area (Å²) in [7, 11) is -1.23. The zero-order valence-electron chi connectivity index (χ0n) is 23.0. The standard InChI is InChI=1S/C29H23N7O7S/c1-40-20-11-5-6-12-21(20)43-25-24(19-9-3-2-4-10-19)34-27(26-31-16-14-23(32-26)36-44(38)39)35-28(25)41-17-18-42-29(37)33-22-13-7-8-15-30-22/h2-16H,17-18H2,1H3,(H,30,33,37). The molecule has 2 aromatic carbocycles. The van der Waals surface area contributed by atoms with Crippen molar-refractivity contribution in [2.24, 2.45) is 4.36 Å². The van der Waals surface area contributed by atoms with Crippen LogP contribution >= 0.6 is 0 Å². The molecule has 5 rings (SSSR count). The molecule has 0 aliphatic carbocycles. The van der Waals surface area contributed by atoms with Crippen LogP contribution in [0.1, 0.15) is 0 Å². The fourth-order valence-electron chi connectivity index (χ4n) is 3.76. The number of anilines is 1. The maximum Gasteiger partial charge on any atom is 0.412 e. The van der Waals surface area contributed by atoms with E-state index in [4.69, 9.17) is 18.9 Å². The van der Waals surface area contributed by atoms with E-state index in [0.29, 0.717) is 28.6 Å². The van der Waals surface area contributed by atoms with Crippen LogP contribution in [0.3, 0.4) is 0 Å². The van der Waals surface area contributed by atoms with Crippen LogP contribution in [0, 0.1) is 0 Å². The van der Waals surface area contributed by atoms with Crippen molar-refractivity contribution < 1.29 is 32.2 Å². The third-order valence-corrected chi connectivity index (χ3v) is 5.96. The molecule has 3 heterocycles. The van der Waals surface area contributed by atoms with Gasteiger partial charge in [-0.3, -0.25) is 5.32 Å². The second-order valence-corrected chi connectivity index (χ2v) is 9.14. The SMILES string of the molecule is COc1ccccc1Oc1c(OCCOC(=O)Nc2ccccn2)nc(-c2nccc(N=S(=O)=O)n2)nc1-c1ccccc1. The first-order valence-electron chi connectivity index (χ1n) is 12.9. The predicted octanol–water partition coefficient (Wildman–Crippen LogP) is 5.12. The van der Waals surface area contributed by atoms with Crippen LogP contribution < -0.4 is 19.5 Å². The lowest BCUT2D eigenvalue weighted by Gasteiger charge is -2.17. The summed E-state index contributed by atoms with van der Waals surface area (Å²) in [6, 6.07) is 22.5. The number of ether oxygens (including phenoxy) is 4. The Balaban J connectivity index is 1.52. The maximum atomic E-state index is 12.2. The average molecular weight is 614 g/mol. The van der Waals surface area contributed by atoms with Crippen molar-refractivity contribution in [3.05, 3.63) is 91.3 Å². The van der Waals surface area contributed by atoms with E-state index >= 15 is 0 Å². The van der Waals surface area contributed by atoms with E-state index in [0.717, 1.165) is 0 Å². The lowest BCUT2D eigenvalue weighted by Crippen LogP contribution is -2.18. The third kappa shape index (κ3) is 7.65. The highest BCUT2D eigenvalue weighted by Crippen LogP contribution is 2.42. The first-order chi connectivity index (χ1) is 21.5. The summed E-state index contributed by atoms with van der Waals surface area (Å²) in [5, 5.41) is 2.52. The van der Waals surface area contributed by atoms with Crippen LogP contribution in [-0.4, -0.2) is 59.8 Å². The fraction of sp³-hybridized carbons (Fsp3) is 0.103. The topological polar surface area (TPSA) is 177 Å². The van der Waals surface area contributed by atoms with Crippen molar-refractivity contribution in [1.29, 1.82) is 0 Å². The van der Waals surface area contributed by atoms with Gasteiger partial charge in [0.1, 0.15) is 24.7 Å². The zero-order chi connectivity index (χ0) is 30.7. The van der Waals surface area contributed by atoms with Gasteiger partial charge < -0.3 is 18.9 Å². The van der Waals surface area contributed by atoms with E-state index in [1.165, 1.54) is 25.6 Å². The van der Waals surface area contributed by atoms with Gasteiger partial charge >= 0.3 is 16.6 Å². The molecule has 0 spiro atoms. The van der Waals surface area contributed by atoms with Gasteiger partial charge in [-0.05, 0) is 24.3 Å². The van der Waals surface area contributed by atoms with Crippen LogP contribution in [0.2, 0.25) is 0 Å². The molecule has 0 saturated carbocycles. The summed E-state index contributed by atoms with van der Waals surface area (Å²) in [5.74, 6) is 1.08. The lowest BCUT2D eigenvalue weighted by molar-refractivity contribution is 0.135. The number of carbonyl (C=O) groups excluding carboxylic acids is 1. The van der Waals surface area contributed by atoms with Crippen LogP contribution in [0.4, 0.5) is 16.4 Å². The Morgan fingerprint density at radius 1 is 0.818 bits per heavy atom. The van der Waals surface area contributed by atoms with Crippen LogP contribution in [0.5, 0.6) is 23.1 Å². The second-order valence-electron chi connectivity index (χ2n) is 8.52. The third-order valence-electron chi connectivity index (χ3n) is 5.62. The van der Waals surface area contributed by atoms with Gasteiger partial charge in [-0.2, -0.15) is 13.4 Å². The molecule has 14 nitrogen and oxygen atoms in total. The molecule has 1 amide bonds. The number of rotatable bonds is 11. The maximum absolute atomic E-state index is 12.2. The number of benzene rings is 2. The van der Waals surface area contributed by atoms with E-state index in [1.807, 2.05) is 30.3 Å². The minimum atomic E-state index is -2.74. The van der Waals surface area contributed by atoms with E-state index < -0.39 is 16.6 Å². The van der Waals surface area contributed by atoms with Crippen molar-refractivity contribution in [3.8, 4) is 46.0 Å². The summed E-state index contributed by atoms with van der Waals surface area (Å²) in [4.78, 5) is 33.8. The van der Waals surface area contributed by atoms with Crippen LogP contribution in [0.25, 0.3) is 22.9 Å². The number of carbonyl (C=O) groups is 1. The highest BCUT2D eigenvalue weighted by molar-refractivity contribution is 7.61. The molecule has 3 aromatic heterocycles. The molecule has 5 aromatic rings. The largest absolute Gasteiger partial charge is 0.493 e. The molecule has 44 heavy (non-hydrogen) atoms. The number of amides is 1. The summed E-state index contributed by atoms with van der Waals surface area (Å²) in [6.07, 6.45) is 2.14. The monoisotopic (exact) mass is 613 g/mol. The van der Waals surface area contributed by atoms with Crippen LogP contribution in [0.15, 0.2) is 95.6 Å². The zero-order valence-corrected chi connectivity index (χ0v) is 23.8. The molecule has 0 fully saturated rings. The minimum absolute atomic E-state index is 0.00576. The van der Waals surface area contributed by atoms with E-state index in [2.05, 4.69) is 34.6 Å². The molecular formula is C29H23N7O7S. The summed E-state index contributed by atoms with van der Waals surface area (Å²) >= 11 is 0. The Morgan fingerprint density at radius 2 is 1.59 bits per heavy atom. The Kier molecular flexibility index (Phi) is 9.58. The highest BCUT2D eigenvalue weighted by Gasteiger charge is 2.23. The fourth-order valence-corrected chi connectivity index (χ4v) is 4.01. The summed E-state index contributed by atoms with van der Waals surface area (Å²) in [6.45, 7) is -0.291. The highest BCUT2D eigenvalue weighted by atomic mass is 32.2. The lowest BCUT2D eigenvalue weighted by atomic mass is 10.1. The molecule has 0 atom stereocenters. The van der Waals surface area contributed by atoms with Crippen molar-refractivity contribution in [2.45, 2.75) is 0 Å². The van der Waals surface area contributed by atoms with Gasteiger partial charge in [-0.15, -0.1) is 4.36 Å². The molecule has 0 aliphatic heterocycles. The van der Waals surface area contributed by atoms with Gasteiger partial charge in [-0.25, -0.2) is 24.7 Å². The van der Waals surface area contributed by atoms with Crippen molar-refractivity contribution in [2.75, 3.05) is 25.6 Å². The number of para-hydroxylation sites is 2. The van der Waals surface area contributed by atoms with E-state index in [-0.39, 0.29) is 42.3 Å². The van der Waals surface area contributed by atoms with Gasteiger partial charge in [0.25, 0.3) is 5.88 Å². The molecule has 0 unspecified atom stereocenters. The molecule has 0 bridgehead atoms. The minimum Gasteiger partial charge on any atom is -0.493 e. The van der Waals surface area contributed by atoms with Gasteiger partial charge in [0.05, 0.1) is 7.11 Å². The van der Waals surface area contributed by atoms with Gasteiger partial charge in [0.15, 0.2) is 23.1 Å². The quantitative estimate of drug-likeness (QED) is 0.195. The smallest absolute Gasteiger partial charge is 0.412 e. The molecular weight excluding hydrogens is 590 g/mol. The van der Waals surface area contributed by atoms with Crippen LogP contribution in [-0.2, 0) is 15.2 Å². The van der Waals surface area contributed by atoms with Gasteiger partial charge in [-0.1, -0.05) is 48.5 Å². The van der Waals surface area contributed by atoms with E-state index in [9.17, 15) is 13.2 Å². The Labute approximate surface area is 252 Å². The number of aromatic nitrogens is 5. The number of hydrogen-bond donors (Lipinski definition) is 1. The van der Waals surface area contributed by atoms with Crippen molar-refractivity contribution in [3.63, 3.8) is 0 Å². The Bertz CT molecular complexity index is 1890. The normalized spacial score (nSPS) is 10.4. The molecule has 0 aliphatic rings. The van der Waals surface area contributed by atoms with Crippen molar-refractivity contribution >= 4 is 28.2 Å². The average Bonchev–Trinajstić information content (AvgIpc) is 3.04. The van der Waals surface area contributed by atoms with Gasteiger partial charge in [0.2, 0.25) is 11.6 Å². The molecule has 0 saturated heterocycles. The van der Waals surface area contributed by atoms with E-state index in [1.54, 1.807) is 42.5 Å². The number of hydrogen-bond acceptors (Lipinski definition) is 13. The first kappa shape index (κ1) is 29.5. The first-order valence-corrected chi connectivity index (χ1v) is 13.9. The number of nitrogens with one attached hydrogen (secondary N) is 1. The van der Waals surface area contributed by atoms with Crippen molar-refractivity contribution in [1.82, 2.24) is 24.9 Å². The van der Waals surface area contributed by atoms with Gasteiger partial charge in [0, 0.05) is 24.0 Å². The Hall–Kier alpha value is -5.96. The summed E-state index contributed by atoms with van der Waals surface area (Å²) in [5.41, 5.74) is 0.946. The molecule has 222 valence electrons.